The number of nitrogens with zero attached hydrogens (tertiary/aromatic N) is 16. The second-order valence-corrected chi connectivity index (χ2v) is 26.6. The standard InChI is InChI=1S/C29H29Cl2N9O4S.C22H12Cl2N8O9S3/c1-14-8-16(3)25(17(4)9-14)44-29(41)22-23(33-6)27(39-28(22)40(18(5)36-39)45(7,42)43)35-34-26-19(12-32)13-38(37-26)24-20(30)10-15(2)11-21(24)31;1-8-11(7-25)19(30-31(8)22-26-14-3-2-9(43-41-40-36)4-15(14)42-22)28-27-16-17(21(34)35)29-32(20(16)33)18-12(23)5-10(6-13(18)24)44(37,38)39/h10-11,13-14,16-17,25H,8-9H2,1-5,7H3;2-6,29,36H,1H3,(H,34,35)(H,37,38,39). The van der Waals surface area contributed by atoms with Crippen molar-refractivity contribution in [2.75, 3.05) is 6.26 Å². The molecule has 0 aliphatic heterocycles. The lowest BCUT2D eigenvalue weighted by atomic mass is 9.75. The lowest BCUT2D eigenvalue weighted by Gasteiger charge is -2.37. The summed E-state index contributed by atoms with van der Waals surface area (Å²) >= 11 is 27.0. The minimum atomic E-state index is -4.71. The van der Waals surface area contributed by atoms with Gasteiger partial charge < -0.3 is 9.84 Å². The lowest BCUT2D eigenvalue weighted by Crippen LogP contribution is -2.37. The van der Waals surface area contributed by atoms with Gasteiger partial charge in [0.05, 0.1) is 72.0 Å². The number of hydrogen-bond donors (Lipinski definition) is 4. The first-order valence-electron chi connectivity index (χ1n) is 25.3. The van der Waals surface area contributed by atoms with Gasteiger partial charge in [0.15, 0.2) is 22.8 Å². The molecule has 1 fully saturated rings. The molecule has 2 unspecified atom stereocenters. The van der Waals surface area contributed by atoms with Gasteiger partial charge in [-0.2, -0.15) is 24.0 Å². The number of azo groups is 2. The minimum Gasteiger partial charge on any atom is -0.476 e. The number of carbonyl (C=O) groups is 2. The molecule has 2 atom stereocenters. The molecule has 4 N–H and O–H groups in total. The number of nitriles is 2. The van der Waals surface area contributed by atoms with Gasteiger partial charge in [-0.05, 0) is 99.4 Å². The maximum Gasteiger partial charge on any atom is 0.356 e. The van der Waals surface area contributed by atoms with Crippen LogP contribution in [-0.2, 0) is 34.3 Å². The van der Waals surface area contributed by atoms with Crippen molar-refractivity contribution < 1.29 is 55.5 Å². The van der Waals surface area contributed by atoms with E-state index in [2.05, 4.69) is 67.0 Å². The van der Waals surface area contributed by atoms with Crippen LogP contribution in [0.1, 0.15) is 82.7 Å². The zero-order chi connectivity index (χ0) is 64.9. The van der Waals surface area contributed by atoms with Crippen LogP contribution in [0.25, 0.3) is 37.2 Å². The first-order valence-corrected chi connectivity index (χ1v) is 31.7. The minimum absolute atomic E-state index is 0.00982. The van der Waals surface area contributed by atoms with Gasteiger partial charge in [0.25, 0.3) is 21.4 Å². The average molecular weight is 1370 g/mol. The molecule has 38 heteroatoms. The van der Waals surface area contributed by atoms with Gasteiger partial charge in [-0.3, -0.25) is 14.4 Å². The van der Waals surface area contributed by atoms with Crippen LogP contribution in [0.5, 0.6) is 0 Å². The number of esters is 1. The van der Waals surface area contributed by atoms with Crippen molar-refractivity contribution >= 4 is 147 Å². The van der Waals surface area contributed by atoms with Crippen LogP contribution >= 0.6 is 69.8 Å². The van der Waals surface area contributed by atoms with Crippen LogP contribution in [0, 0.1) is 67.8 Å². The maximum atomic E-state index is 13.8. The third-order valence-corrected chi connectivity index (χ3v) is 18.2. The number of aromatic nitrogens is 10. The Hall–Kier alpha value is -8.41. The summed E-state index contributed by atoms with van der Waals surface area (Å²) in [5.41, 5.74) is -1.70. The van der Waals surface area contributed by atoms with Gasteiger partial charge in [0.1, 0.15) is 52.1 Å². The van der Waals surface area contributed by atoms with Crippen LogP contribution in [0.2, 0.25) is 20.1 Å². The Morgan fingerprint density at radius 2 is 1.54 bits per heavy atom. The summed E-state index contributed by atoms with van der Waals surface area (Å²) in [6, 6.07) is 14.0. The van der Waals surface area contributed by atoms with Gasteiger partial charge in [-0.25, -0.2) is 55.6 Å². The number of nitrogens with one attached hydrogen (secondary N) is 1. The molecule has 0 saturated heterocycles. The normalized spacial score (nSPS) is 16.2. The fourth-order valence-corrected chi connectivity index (χ4v) is 14.5. The number of aryl methyl sites for hydroxylation is 2. The molecule has 0 spiro atoms. The highest BCUT2D eigenvalue weighted by atomic mass is 35.5. The van der Waals surface area contributed by atoms with E-state index in [4.69, 9.17) is 63.0 Å². The summed E-state index contributed by atoms with van der Waals surface area (Å²) < 4.78 is 74.3. The summed E-state index contributed by atoms with van der Waals surface area (Å²) in [4.78, 5) is 47.0. The number of carbonyl (C=O) groups excluding carboxylic acids is 1. The Balaban J connectivity index is 0.000000211. The average Bonchev–Trinajstić information content (AvgIpc) is 1.58. The zero-order valence-electron chi connectivity index (χ0n) is 46.6. The molecule has 0 bridgehead atoms. The number of H-pyrrole nitrogens is 1. The molecule has 0 amide bonds. The van der Waals surface area contributed by atoms with E-state index in [0.29, 0.717) is 52.3 Å². The number of aromatic amines is 1. The quantitative estimate of drug-likeness (QED) is 0.0141. The highest BCUT2D eigenvalue weighted by Gasteiger charge is 2.38. The van der Waals surface area contributed by atoms with Crippen molar-refractivity contribution in [3.8, 4) is 28.6 Å². The van der Waals surface area contributed by atoms with Crippen molar-refractivity contribution in [3.05, 3.63) is 130 Å². The van der Waals surface area contributed by atoms with Gasteiger partial charge >= 0.3 is 11.9 Å². The van der Waals surface area contributed by atoms with Crippen LogP contribution in [0.15, 0.2) is 83.7 Å². The van der Waals surface area contributed by atoms with E-state index in [1.54, 1.807) is 37.3 Å². The first kappa shape index (κ1) is 65.0. The number of hydrogen-bond acceptors (Lipinski definition) is 23. The number of benzene rings is 3. The second-order valence-electron chi connectivity index (χ2n) is 19.9. The summed E-state index contributed by atoms with van der Waals surface area (Å²) in [6.45, 7) is 18.9. The Bertz CT molecular complexity index is 4850. The number of carboxylic acids is 1. The molecule has 460 valence electrons. The summed E-state index contributed by atoms with van der Waals surface area (Å²) in [6.07, 6.45) is 3.61. The molecular formula is C51H41Cl4N17O13S4. The van der Waals surface area contributed by atoms with Crippen molar-refractivity contribution in [1.29, 1.82) is 10.5 Å². The molecule has 6 heterocycles. The number of carboxylic acid groups (broad SMARTS) is 1. The fraction of sp³-hybridized carbons (Fsp3) is 0.255. The van der Waals surface area contributed by atoms with Crippen LogP contribution in [0.4, 0.5) is 28.8 Å². The summed E-state index contributed by atoms with van der Waals surface area (Å²) in [5.74, 6) is -2.53. The smallest absolute Gasteiger partial charge is 0.356 e. The Labute approximate surface area is 530 Å². The molecule has 1 saturated carbocycles. The molecule has 9 aromatic rings. The Morgan fingerprint density at radius 3 is 2.12 bits per heavy atom. The van der Waals surface area contributed by atoms with Crippen molar-refractivity contribution in [3.63, 3.8) is 0 Å². The monoisotopic (exact) mass is 1370 g/mol. The van der Waals surface area contributed by atoms with E-state index in [9.17, 15) is 51.4 Å². The van der Waals surface area contributed by atoms with E-state index in [-0.39, 0.29) is 68.8 Å². The number of thiazole rings is 1. The molecule has 3 aromatic carbocycles. The molecule has 1 aliphatic rings. The SMILES string of the molecule is Cc1c(C#N)c(N=Nc2c(C(=O)O)[nH]n(-c3c(Cl)cc(S(=O)(=O)O)cc3Cl)c2=O)nn1-c1nc2ccc(SOOO)cc2s1.[C-]#[N+]c1c(C(=O)OC2C(C)CC(C)CC2C)c2n(S(C)(=O)=O)c(C)nn2c1N=Nc1nn(-c2c(Cl)cc(C)cc2Cl)cc1C#N. The summed E-state index contributed by atoms with van der Waals surface area (Å²) in [5, 5.41) is 72.4. The van der Waals surface area contributed by atoms with E-state index >= 15 is 0 Å². The molecule has 10 rings (SSSR count). The van der Waals surface area contributed by atoms with E-state index in [1.165, 1.54) is 33.8 Å². The first-order chi connectivity index (χ1) is 42.0. The predicted molar refractivity (Wildman–Crippen MR) is 322 cm³/mol. The third-order valence-electron chi connectivity index (χ3n) is 13.5. The van der Waals surface area contributed by atoms with Gasteiger partial charge in [-0.15, -0.1) is 35.0 Å². The van der Waals surface area contributed by atoms with Gasteiger partial charge in [-0.1, -0.05) is 83.6 Å². The van der Waals surface area contributed by atoms with E-state index in [1.807, 2.05) is 32.9 Å². The van der Waals surface area contributed by atoms with Crippen molar-refractivity contribution in [2.24, 2.45) is 38.2 Å². The number of ether oxygens (including phenoxy) is 1. The largest absolute Gasteiger partial charge is 0.476 e. The number of aromatic carboxylic acids is 1. The van der Waals surface area contributed by atoms with Gasteiger partial charge in [0.2, 0.25) is 26.8 Å². The lowest BCUT2D eigenvalue weighted by molar-refractivity contribution is -0.432. The second kappa shape index (κ2) is 25.6. The fourth-order valence-electron chi connectivity index (χ4n) is 9.97. The molecule has 1 aliphatic carbocycles. The maximum absolute atomic E-state index is 13.8. The summed E-state index contributed by atoms with van der Waals surface area (Å²) in [7, 11) is -8.70. The zero-order valence-corrected chi connectivity index (χ0v) is 52.9. The van der Waals surface area contributed by atoms with E-state index in [0.717, 1.165) is 57.3 Å². The predicted octanol–water partition coefficient (Wildman–Crippen LogP) is 12.4. The topological polar surface area (TPSA) is 401 Å². The molecular weight excluding hydrogens is 1330 g/mol. The molecule has 6 aromatic heterocycles. The number of halogens is 4. The number of rotatable bonds is 15. The highest BCUT2D eigenvalue weighted by Crippen LogP contribution is 2.43. The van der Waals surface area contributed by atoms with Crippen molar-refractivity contribution in [1.82, 2.24) is 47.9 Å². The van der Waals surface area contributed by atoms with Gasteiger partial charge in [0, 0.05) is 4.90 Å². The third kappa shape index (κ3) is 12.9. The van der Waals surface area contributed by atoms with E-state index < -0.39 is 70.1 Å². The van der Waals surface area contributed by atoms with Crippen molar-refractivity contribution in [2.45, 2.75) is 70.3 Å². The number of fused-ring (bicyclic) bond motifs is 2. The Morgan fingerprint density at radius 1 is 0.899 bits per heavy atom. The molecule has 89 heavy (non-hydrogen) atoms. The van der Waals surface area contributed by atoms with Crippen LogP contribution in [0.3, 0.4) is 0 Å². The van der Waals surface area contributed by atoms with Crippen LogP contribution < -0.4 is 5.56 Å². The molecule has 0 radical (unpaired) electrons. The van der Waals surface area contributed by atoms with Crippen LogP contribution in [-0.4, -0.2) is 104 Å². The Kier molecular flexibility index (Phi) is 18.7. The molecule has 30 nitrogen and oxygen atoms in total. The highest BCUT2D eigenvalue weighted by molar-refractivity contribution is 7.94.